The Labute approximate surface area is 172 Å². The first-order valence-electron chi connectivity index (χ1n) is 9.26. The lowest BCUT2D eigenvalue weighted by molar-refractivity contribution is 0.306. The van der Waals surface area contributed by atoms with E-state index in [-0.39, 0.29) is 24.0 Å². The SMILES string of the molecule is CC1CCCCC1NC(=NCc1ccnn1C)NCCc1ccco1.I. The highest BCUT2D eigenvalue weighted by Crippen LogP contribution is 2.23. The molecule has 0 amide bonds. The quantitative estimate of drug-likeness (QED) is 0.385. The van der Waals surface area contributed by atoms with E-state index in [1.54, 1.807) is 6.26 Å². The van der Waals surface area contributed by atoms with E-state index in [9.17, 15) is 0 Å². The maximum atomic E-state index is 5.41. The predicted octanol–water partition coefficient (Wildman–Crippen LogP) is 3.49. The Hall–Kier alpha value is -1.51. The molecule has 0 saturated heterocycles. The minimum Gasteiger partial charge on any atom is -0.469 e. The van der Waals surface area contributed by atoms with Gasteiger partial charge in [0.25, 0.3) is 0 Å². The Kier molecular flexibility index (Phi) is 8.47. The number of aliphatic imine (C=N–C) groups is 1. The third-order valence-corrected chi connectivity index (χ3v) is 5.00. The maximum Gasteiger partial charge on any atom is 0.191 e. The Morgan fingerprint density at radius 3 is 2.88 bits per heavy atom. The van der Waals surface area contributed by atoms with Crippen molar-refractivity contribution in [3.05, 3.63) is 42.1 Å². The van der Waals surface area contributed by atoms with Crippen molar-refractivity contribution in [3.63, 3.8) is 0 Å². The van der Waals surface area contributed by atoms with Crippen LogP contribution in [0.4, 0.5) is 0 Å². The smallest absolute Gasteiger partial charge is 0.191 e. The number of hydrogen-bond donors (Lipinski definition) is 2. The predicted molar refractivity (Wildman–Crippen MR) is 115 cm³/mol. The number of hydrogen-bond acceptors (Lipinski definition) is 3. The molecule has 2 unspecified atom stereocenters. The highest BCUT2D eigenvalue weighted by molar-refractivity contribution is 14.0. The van der Waals surface area contributed by atoms with Crippen LogP contribution < -0.4 is 10.6 Å². The number of aromatic nitrogens is 2. The number of guanidine groups is 1. The summed E-state index contributed by atoms with van der Waals surface area (Å²) in [4.78, 5) is 4.78. The highest BCUT2D eigenvalue weighted by Gasteiger charge is 2.22. The van der Waals surface area contributed by atoms with E-state index in [4.69, 9.17) is 9.41 Å². The fourth-order valence-electron chi connectivity index (χ4n) is 3.33. The van der Waals surface area contributed by atoms with Gasteiger partial charge in [0.1, 0.15) is 5.76 Å². The standard InChI is InChI=1S/C19H29N5O.HI/c1-15-6-3-4-8-18(15)23-19(20-11-10-17-7-5-13-25-17)21-14-16-9-12-22-24(16)2;/h5,7,9,12-13,15,18H,3-4,6,8,10-11,14H2,1-2H3,(H2,20,21,23);1H. The minimum atomic E-state index is 0. The van der Waals surface area contributed by atoms with Crippen LogP contribution in [0.2, 0.25) is 0 Å². The number of halogens is 1. The van der Waals surface area contributed by atoms with Gasteiger partial charge in [0, 0.05) is 32.3 Å². The molecule has 3 rings (SSSR count). The molecular formula is C19H30IN5O. The summed E-state index contributed by atoms with van der Waals surface area (Å²) in [6.45, 7) is 3.75. The average Bonchev–Trinajstić information content (AvgIpc) is 3.26. The van der Waals surface area contributed by atoms with Crippen molar-refractivity contribution in [1.82, 2.24) is 20.4 Å². The van der Waals surface area contributed by atoms with Gasteiger partial charge in [-0.15, -0.1) is 24.0 Å². The Balaban J connectivity index is 0.00000243. The van der Waals surface area contributed by atoms with E-state index < -0.39 is 0 Å². The van der Waals surface area contributed by atoms with Gasteiger partial charge in [-0.2, -0.15) is 5.10 Å². The molecule has 2 N–H and O–H groups in total. The number of rotatable bonds is 6. The number of aryl methyl sites for hydroxylation is 1. The fourth-order valence-corrected chi connectivity index (χ4v) is 3.33. The largest absolute Gasteiger partial charge is 0.469 e. The zero-order valence-corrected chi connectivity index (χ0v) is 18.0. The van der Waals surface area contributed by atoms with E-state index >= 15 is 0 Å². The van der Waals surface area contributed by atoms with Crippen LogP contribution in [0.3, 0.4) is 0 Å². The lowest BCUT2D eigenvalue weighted by Crippen LogP contribution is -2.47. The molecule has 2 aromatic rings. The van der Waals surface area contributed by atoms with Crippen molar-refractivity contribution in [2.24, 2.45) is 18.0 Å². The first-order valence-corrected chi connectivity index (χ1v) is 9.26. The van der Waals surface area contributed by atoms with Crippen molar-refractivity contribution in [2.75, 3.05) is 6.54 Å². The van der Waals surface area contributed by atoms with E-state index in [0.29, 0.717) is 18.5 Å². The lowest BCUT2D eigenvalue weighted by atomic mass is 9.86. The monoisotopic (exact) mass is 471 g/mol. The molecule has 6 nitrogen and oxygen atoms in total. The van der Waals surface area contributed by atoms with Gasteiger partial charge in [-0.25, -0.2) is 4.99 Å². The van der Waals surface area contributed by atoms with E-state index in [2.05, 4.69) is 22.7 Å². The van der Waals surface area contributed by atoms with Crippen molar-refractivity contribution in [1.29, 1.82) is 0 Å². The summed E-state index contributed by atoms with van der Waals surface area (Å²) in [6.07, 6.45) is 9.51. The number of nitrogens with one attached hydrogen (secondary N) is 2. The van der Waals surface area contributed by atoms with Gasteiger partial charge in [0.2, 0.25) is 0 Å². The highest BCUT2D eigenvalue weighted by atomic mass is 127. The molecule has 0 aromatic carbocycles. The molecule has 2 atom stereocenters. The van der Waals surface area contributed by atoms with Gasteiger partial charge in [-0.3, -0.25) is 4.68 Å². The van der Waals surface area contributed by atoms with Crippen LogP contribution >= 0.6 is 24.0 Å². The van der Waals surface area contributed by atoms with Crippen LogP contribution in [0.1, 0.15) is 44.1 Å². The lowest BCUT2D eigenvalue weighted by Gasteiger charge is -2.31. The Bertz CT molecular complexity index is 667. The molecule has 0 radical (unpaired) electrons. The molecule has 0 bridgehead atoms. The summed E-state index contributed by atoms with van der Waals surface area (Å²) < 4.78 is 7.27. The molecule has 1 aliphatic rings. The second-order valence-electron chi connectivity index (χ2n) is 6.88. The first kappa shape index (κ1) is 20.8. The maximum absolute atomic E-state index is 5.41. The summed E-state index contributed by atoms with van der Waals surface area (Å²) in [5, 5.41) is 11.3. The van der Waals surface area contributed by atoms with E-state index in [1.165, 1.54) is 25.7 Å². The summed E-state index contributed by atoms with van der Waals surface area (Å²) in [6, 6.07) is 6.43. The normalized spacial score (nSPS) is 20.5. The topological polar surface area (TPSA) is 67.4 Å². The molecular weight excluding hydrogens is 441 g/mol. The third kappa shape index (κ3) is 6.03. The average molecular weight is 471 g/mol. The summed E-state index contributed by atoms with van der Waals surface area (Å²) in [5.74, 6) is 2.55. The molecule has 144 valence electrons. The Morgan fingerprint density at radius 2 is 2.19 bits per heavy atom. The molecule has 0 spiro atoms. The van der Waals surface area contributed by atoms with Gasteiger partial charge >= 0.3 is 0 Å². The van der Waals surface area contributed by atoms with Crippen molar-refractivity contribution in [3.8, 4) is 0 Å². The van der Waals surface area contributed by atoms with Crippen molar-refractivity contribution < 1.29 is 4.42 Å². The second kappa shape index (κ2) is 10.6. The van der Waals surface area contributed by atoms with Gasteiger partial charge in [0.15, 0.2) is 5.96 Å². The molecule has 2 aromatic heterocycles. The van der Waals surface area contributed by atoms with Crippen LogP contribution in [0.5, 0.6) is 0 Å². The van der Waals surface area contributed by atoms with Gasteiger partial charge in [-0.1, -0.05) is 19.8 Å². The molecule has 1 saturated carbocycles. The van der Waals surface area contributed by atoms with Gasteiger partial charge in [-0.05, 0) is 37.0 Å². The van der Waals surface area contributed by atoms with Crippen LogP contribution in [-0.4, -0.2) is 28.3 Å². The van der Waals surface area contributed by atoms with E-state index in [1.807, 2.05) is 36.1 Å². The fraction of sp³-hybridized carbons (Fsp3) is 0.579. The van der Waals surface area contributed by atoms with Crippen LogP contribution in [0, 0.1) is 5.92 Å². The first-order chi connectivity index (χ1) is 12.2. The zero-order valence-electron chi connectivity index (χ0n) is 15.6. The summed E-state index contributed by atoms with van der Waals surface area (Å²) in [5.41, 5.74) is 1.10. The zero-order chi connectivity index (χ0) is 17.5. The Morgan fingerprint density at radius 1 is 1.35 bits per heavy atom. The third-order valence-electron chi connectivity index (χ3n) is 5.00. The molecule has 0 aliphatic heterocycles. The van der Waals surface area contributed by atoms with Gasteiger partial charge in [0.05, 0.1) is 18.5 Å². The number of nitrogens with zero attached hydrogens (tertiary/aromatic N) is 3. The van der Waals surface area contributed by atoms with Crippen molar-refractivity contribution in [2.45, 2.75) is 51.6 Å². The minimum absolute atomic E-state index is 0. The van der Waals surface area contributed by atoms with E-state index in [0.717, 1.165) is 30.4 Å². The molecule has 1 fully saturated rings. The molecule has 26 heavy (non-hydrogen) atoms. The summed E-state index contributed by atoms with van der Waals surface area (Å²) in [7, 11) is 1.95. The van der Waals surface area contributed by atoms with Crippen LogP contribution in [0.25, 0.3) is 0 Å². The molecule has 7 heteroatoms. The second-order valence-corrected chi connectivity index (χ2v) is 6.88. The molecule has 2 heterocycles. The van der Waals surface area contributed by atoms with Gasteiger partial charge < -0.3 is 15.1 Å². The van der Waals surface area contributed by atoms with Crippen LogP contribution in [-0.2, 0) is 20.0 Å². The summed E-state index contributed by atoms with van der Waals surface area (Å²) >= 11 is 0. The van der Waals surface area contributed by atoms with Crippen molar-refractivity contribution >= 4 is 29.9 Å². The number of furan rings is 1. The van der Waals surface area contributed by atoms with Crippen LogP contribution in [0.15, 0.2) is 40.1 Å². The molecule has 1 aliphatic carbocycles.